The van der Waals surface area contributed by atoms with Crippen molar-refractivity contribution in [1.29, 1.82) is 0 Å². The Hall–Kier alpha value is -1.69. The van der Waals surface area contributed by atoms with Gasteiger partial charge in [-0.25, -0.2) is 4.79 Å². The highest BCUT2D eigenvalue weighted by atomic mass is 16.4. The summed E-state index contributed by atoms with van der Waals surface area (Å²) in [4.78, 5) is 13.7. The van der Waals surface area contributed by atoms with Gasteiger partial charge in [-0.2, -0.15) is 5.10 Å². The van der Waals surface area contributed by atoms with Gasteiger partial charge in [0, 0.05) is 19.1 Å². The van der Waals surface area contributed by atoms with Gasteiger partial charge in [-0.05, 0) is 39.3 Å². The molecule has 2 N–H and O–H groups in total. The first-order chi connectivity index (χ1) is 10.0. The number of carbonyl (C=O) groups is 1. The maximum absolute atomic E-state index is 11.4. The molecule has 0 aromatic carbocycles. The van der Waals surface area contributed by atoms with Gasteiger partial charge in [0.25, 0.3) is 0 Å². The lowest BCUT2D eigenvalue weighted by molar-refractivity contribution is 0.0696. The summed E-state index contributed by atoms with van der Waals surface area (Å²) in [5.41, 5.74) is 1.55. The molecule has 1 aliphatic rings. The standard InChI is InChI=1S/C15H24N4O2/c1-10-11(2)17-18-14(13(10)15(20)21)16-8-9-19(3)12-6-4-5-7-12/h12H,4-9H2,1-3H3,(H,16,18)(H,20,21). The lowest BCUT2D eigenvalue weighted by Crippen LogP contribution is -2.33. The fourth-order valence-electron chi connectivity index (χ4n) is 2.87. The van der Waals surface area contributed by atoms with Gasteiger partial charge in [0.1, 0.15) is 5.56 Å². The van der Waals surface area contributed by atoms with Gasteiger partial charge in [0.05, 0.1) is 5.69 Å². The van der Waals surface area contributed by atoms with Crippen LogP contribution in [-0.4, -0.2) is 52.4 Å². The molecule has 6 heteroatoms. The molecule has 0 spiro atoms. The zero-order valence-electron chi connectivity index (χ0n) is 13.0. The Balaban J connectivity index is 1.96. The number of carboxylic acids is 1. The number of aromatic nitrogens is 2. The second kappa shape index (κ2) is 6.85. The Morgan fingerprint density at radius 3 is 2.62 bits per heavy atom. The summed E-state index contributed by atoms with van der Waals surface area (Å²) in [6.07, 6.45) is 5.16. The molecule has 116 valence electrons. The zero-order chi connectivity index (χ0) is 15.4. The Labute approximate surface area is 125 Å². The minimum atomic E-state index is -0.961. The van der Waals surface area contributed by atoms with Gasteiger partial charge >= 0.3 is 5.97 Å². The van der Waals surface area contributed by atoms with Crippen LogP contribution in [0, 0.1) is 13.8 Å². The van der Waals surface area contributed by atoms with E-state index in [1.54, 1.807) is 13.8 Å². The summed E-state index contributed by atoms with van der Waals surface area (Å²) < 4.78 is 0. The highest BCUT2D eigenvalue weighted by molar-refractivity contribution is 5.94. The third kappa shape index (κ3) is 3.69. The molecule has 1 heterocycles. The smallest absolute Gasteiger partial charge is 0.339 e. The normalized spacial score (nSPS) is 15.6. The van der Waals surface area contributed by atoms with Crippen LogP contribution in [0.5, 0.6) is 0 Å². The topological polar surface area (TPSA) is 78.4 Å². The fourth-order valence-corrected chi connectivity index (χ4v) is 2.87. The Morgan fingerprint density at radius 1 is 1.33 bits per heavy atom. The molecule has 0 amide bonds. The predicted molar refractivity (Wildman–Crippen MR) is 81.8 cm³/mol. The molecule has 0 unspecified atom stereocenters. The number of likely N-dealkylation sites (N-methyl/N-ethyl adjacent to an activating group) is 1. The highest BCUT2D eigenvalue weighted by Gasteiger charge is 2.20. The van der Waals surface area contributed by atoms with E-state index in [-0.39, 0.29) is 5.56 Å². The molecule has 1 aromatic heterocycles. The van der Waals surface area contributed by atoms with E-state index in [1.807, 2.05) is 0 Å². The number of nitrogens with one attached hydrogen (secondary N) is 1. The van der Waals surface area contributed by atoms with E-state index >= 15 is 0 Å². The van der Waals surface area contributed by atoms with Crippen molar-refractivity contribution in [2.45, 2.75) is 45.6 Å². The van der Waals surface area contributed by atoms with E-state index in [4.69, 9.17) is 0 Å². The lowest BCUT2D eigenvalue weighted by atomic mass is 10.1. The maximum Gasteiger partial charge on any atom is 0.339 e. The minimum absolute atomic E-state index is 0.228. The van der Waals surface area contributed by atoms with Crippen LogP contribution in [0.1, 0.15) is 47.3 Å². The SMILES string of the molecule is Cc1nnc(NCCN(C)C2CCCC2)c(C(=O)O)c1C. The predicted octanol–water partition coefficient (Wildman–Crippen LogP) is 2.08. The van der Waals surface area contributed by atoms with Crippen molar-refractivity contribution in [3.63, 3.8) is 0 Å². The van der Waals surface area contributed by atoms with Crippen molar-refractivity contribution >= 4 is 11.8 Å². The number of aryl methyl sites for hydroxylation is 1. The maximum atomic E-state index is 11.4. The Kier molecular flexibility index (Phi) is 5.12. The summed E-state index contributed by atoms with van der Waals surface area (Å²) in [7, 11) is 2.13. The van der Waals surface area contributed by atoms with Crippen LogP contribution in [0.4, 0.5) is 5.82 Å². The molecule has 21 heavy (non-hydrogen) atoms. The number of anilines is 1. The number of hydrogen-bond acceptors (Lipinski definition) is 5. The van der Waals surface area contributed by atoms with Crippen molar-refractivity contribution in [3.8, 4) is 0 Å². The molecular formula is C15H24N4O2. The van der Waals surface area contributed by atoms with Crippen molar-refractivity contribution in [2.75, 3.05) is 25.5 Å². The molecule has 0 bridgehead atoms. The van der Waals surface area contributed by atoms with E-state index in [0.29, 0.717) is 29.7 Å². The van der Waals surface area contributed by atoms with Gasteiger partial charge in [0.2, 0.25) is 0 Å². The van der Waals surface area contributed by atoms with Crippen LogP contribution in [0.2, 0.25) is 0 Å². The average molecular weight is 292 g/mol. The second-order valence-corrected chi connectivity index (χ2v) is 5.78. The summed E-state index contributed by atoms with van der Waals surface area (Å²) in [5.74, 6) is -0.595. The molecule has 0 atom stereocenters. The molecule has 0 aliphatic heterocycles. The molecule has 1 aromatic rings. The first-order valence-electron chi connectivity index (χ1n) is 7.52. The molecule has 1 fully saturated rings. The number of aromatic carboxylic acids is 1. The van der Waals surface area contributed by atoms with Crippen LogP contribution >= 0.6 is 0 Å². The quantitative estimate of drug-likeness (QED) is 0.836. The third-order valence-electron chi connectivity index (χ3n) is 4.37. The van der Waals surface area contributed by atoms with Crippen molar-refractivity contribution in [1.82, 2.24) is 15.1 Å². The zero-order valence-corrected chi connectivity index (χ0v) is 13.0. The summed E-state index contributed by atoms with van der Waals surface area (Å²) in [6, 6.07) is 0.664. The first kappa shape index (κ1) is 15.7. The van der Waals surface area contributed by atoms with Crippen LogP contribution < -0.4 is 5.32 Å². The minimum Gasteiger partial charge on any atom is -0.478 e. The number of hydrogen-bond donors (Lipinski definition) is 2. The Bertz CT molecular complexity index is 513. The van der Waals surface area contributed by atoms with Crippen LogP contribution in [0.15, 0.2) is 0 Å². The van der Waals surface area contributed by atoms with Gasteiger partial charge in [-0.1, -0.05) is 12.8 Å². The van der Waals surface area contributed by atoms with Crippen molar-refractivity contribution in [3.05, 3.63) is 16.8 Å². The molecule has 2 rings (SSSR count). The van der Waals surface area contributed by atoms with Crippen LogP contribution in [0.3, 0.4) is 0 Å². The fraction of sp³-hybridized carbons (Fsp3) is 0.667. The second-order valence-electron chi connectivity index (χ2n) is 5.78. The lowest BCUT2D eigenvalue weighted by Gasteiger charge is -2.24. The first-order valence-corrected chi connectivity index (χ1v) is 7.52. The number of carboxylic acid groups (broad SMARTS) is 1. The summed E-state index contributed by atoms with van der Waals surface area (Å²) in [5, 5.41) is 20.5. The van der Waals surface area contributed by atoms with E-state index in [1.165, 1.54) is 25.7 Å². The Morgan fingerprint density at radius 2 is 2.00 bits per heavy atom. The molecular weight excluding hydrogens is 268 g/mol. The summed E-state index contributed by atoms with van der Waals surface area (Å²) >= 11 is 0. The van der Waals surface area contributed by atoms with Crippen molar-refractivity contribution in [2.24, 2.45) is 0 Å². The number of nitrogens with zero attached hydrogens (tertiary/aromatic N) is 3. The molecule has 0 saturated heterocycles. The highest BCUT2D eigenvalue weighted by Crippen LogP contribution is 2.22. The molecule has 6 nitrogen and oxygen atoms in total. The van der Waals surface area contributed by atoms with Gasteiger partial charge in [-0.3, -0.25) is 0 Å². The molecule has 1 aliphatic carbocycles. The monoisotopic (exact) mass is 292 g/mol. The van der Waals surface area contributed by atoms with Crippen LogP contribution in [0.25, 0.3) is 0 Å². The van der Waals surface area contributed by atoms with E-state index in [2.05, 4.69) is 27.5 Å². The number of rotatable bonds is 6. The van der Waals surface area contributed by atoms with Crippen molar-refractivity contribution < 1.29 is 9.90 Å². The molecule has 1 saturated carbocycles. The van der Waals surface area contributed by atoms with Gasteiger partial charge in [-0.15, -0.1) is 5.10 Å². The van der Waals surface area contributed by atoms with Gasteiger partial charge in [0.15, 0.2) is 5.82 Å². The van der Waals surface area contributed by atoms with Crippen LogP contribution in [-0.2, 0) is 0 Å². The summed E-state index contributed by atoms with van der Waals surface area (Å²) in [6.45, 7) is 5.08. The van der Waals surface area contributed by atoms with Gasteiger partial charge < -0.3 is 15.3 Å². The van der Waals surface area contributed by atoms with E-state index in [0.717, 1.165) is 6.54 Å². The largest absolute Gasteiger partial charge is 0.478 e. The molecule has 0 radical (unpaired) electrons. The van der Waals surface area contributed by atoms with E-state index < -0.39 is 5.97 Å². The average Bonchev–Trinajstić information content (AvgIpc) is 2.96. The third-order valence-corrected chi connectivity index (χ3v) is 4.37. The van der Waals surface area contributed by atoms with E-state index in [9.17, 15) is 9.90 Å².